The van der Waals surface area contributed by atoms with E-state index in [0.29, 0.717) is 43.4 Å². The fraction of sp³-hybridized carbons (Fsp3) is 0.217. The van der Waals surface area contributed by atoms with Gasteiger partial charge in [0, 0.05) is 31.3 Å². The molecule has 5 rings (SSSR count). The number of oxazole rings is 1. The van der Waals surface area contributed by atoms with Crippen LogP contribution in [0.4, 0.5) is 11.7 Å². The number of carbonyl (C=O) groups excluding carboxylic acids is 1. The summed E-state index contributed by atoms with van der Waals surface area (Å²) in [6.45, 7) is 1.16. The first-order valence-electron chi connectivity index (χ1n) is 10.3. The number of nitrogens with zero attached hydrogens (tertiary/aromatic N) is 5. The standard InChI is InChI=1S/C23H20N6O3/c24-15-18-23(32-22(25-18)19-7-4-14-31-19)28-11-8-16(9-12-28)21(30)26-20-10-13-29(27-20)17-5-2-1-3-6-17/h1-7,10,13-14,16H,8-9,11-12H2,(H,26,27,30). The molecule has 0 spiro atoms. The lowest BCUT2D eigenvalue weighted by Gasteiger charge is -2.30. The first-order chi connectivity index (χ1) is 15.7. The zero-order valence-corrected chi connectivity index (χ0v) is 17.1. The minimum Gasteiger partial charge on any atom is -0.459 e. The highest BCUT2D eigenvalue weighted by atomic mass is 16.4. The molecule has 0 unspecified atom stereocenters. The Labute approximate surface area is 183 Å². The minimum absolute atomic E-state index is 0.0580. The van der Waals surface area contributed by atoms with E-state index in [1.165, 1.54) is 6.26 Å². The topological polar surface area (TPSA) is 113 Å². The lowest BCUT2D eigenvalue weighted by atomic mass is 9.96. The summed E-state index contributed by atoms with van der Waals surface area (Å²) in [5.74, 6) is 1.47. The molecule has 1 aromatic carbocycles. The van der Waals surface area contributed by atoms with Crippen molar-refractivity contribution < 1.29 is 13.6 Å². The summed E-state index contributed by atoms with van der Waals surface area (Å²) in [5, 5.41) is 16.8. The molecule has 32 heavy (non-hydrogen) atoms. The molecule has 1 aliphatic heterocycles. The Morgan fingerprint density at radius 1 is 1.12 bits per heavy atom. The Morgan fingerprint density at radius 2 is 1.94 bits per heavy atom. The predicted octanol–water partition coefficient (Wildman–Crippen LogP) is 3.85. The van der Waals surface area contributed by atoms with E-state index in [9.17, 15) is 10.1 Å². The van der Waals surface area contributed by atoms with E-state index in [1.54, 1.807) is 22.9 Å². The third-order valence-corrected chi connectivity index (χ3v) is 5.46. The largest absolute Gasteiger partial charge is 0.459 e. The van der Waals surface area contributed by atoms with Gasteiger partial charge in [0.2, 0.25) is 17.5 Å². The molecule has 1 amide bonds. The number of anilines is 2. The van der Waals surface area contributed by atoms with Gasteiger partial charge in [-0.25, -0.2) is 4.68 Å². The molecule has 0 saturated carbocycles. The molecule has 9 nitrogen and oxygen atoms in total. The van der Waals surface area contributed by atoms with Crippen LogP contribution in [0.5, 0.6) is 0 Å². The van der Waals surface area contributed by atoms with Crippen molar-refractivity contribution in [1.29, 1.82) is 5.26 Å². The quantitative estimate of drug-likeness (QED) is 0.514. The molecule has 0 radical (unpaired) electrons. The normalized spacial score (nSPS) is 14.3. The van der Waals surface area contributed by atoms with Crippen molar-refractivity contribution in [2.24, 2.45) is 5.92 Å². The SMILES string of the molecule is N#Cc1nc(-c2ccco2)oc1N1CCC(C(=O)Nc2ccn(-c3ccccc3)n2)CC1. The Hall–Kier alpha value is -4.32. The second-order valence-corrected chi connectivity index (χ2v) is 7.49. The summed E-state index contributed by atoms with van der Waals surface area (Å²) in [6, 6.07) is 17.0. The van der Waals surface area contributed by atoms with Crippen LogP contribution in [0.3, 0.4) is 0 Å². The predicted molar refractivity (Wildman–Crippen MR) is 116 cm³/mol. The maximum Gasteiger partial charge on any atom is 0.266 e. The van der Waals surface area contributed by atoms with Gasteiger partial charge in [-0.1, -0.05) is 18.2 Å². The Kier molecular flexibility index (Phi) is 5.17. The van der Waals surface area contributed by atoms with E-state index in [0.717, 1.165) is 5.69 Å². The highest BCUT2D eigenvalue weighted by Gasteiger charge is 2.29. The van der Waals surface area contributed by atoms with Crippen molar-refractivity contribution in [3.63, 3.8) is 0 Å². The van der Waals surface area contributed by atoms with Crippen molar-refractivity contribution >= 4 is 17.6 Å². The highest BCUT2D eigenvalue weighted by Crippen LogP contribution is 2.31. The number of carbonyl (C=O) groups is 1. The maximum absolute atomic E-state index is 12.8. The summed E-state index contributed by atoms with van der Waals surface area (Å²) in [6.07, 6.45) is 4.61. The number of nitriles is 1. The molecule has 1 N–H and O–H groups in total. The molecule has 160 valence electrons. The number of hydrogen-bond donors (Lipinski definition) is 1. The third-order valence-electron chi connectivity index (χ3n) is 5.46. The van der Waals surface area contributed by atoms with Crippen LogP contribution in [0.25, 0.3) is 17.3 Å². The zero-order chi connectivity index (χ0) is 21.9. The van der Waals surface area contributed by atoms with Crippen LogP contribution in [-0.2, 0) is 4.79 Å². The molecule has 1 aliphatic rings. The van der Waals surface area contributed by atoms with Gasteiger partial charge in [0.1, 0.15) is 6.07 Å². The summed E-state index contributed by atoms with van der Waals surface area (Å²) in [4.78, 5) is 18.9. The maximum atomic E-state index is 12.8. The lowest BCUT2D eigenvalue weighted by Crippen LogP contribution is -2.38. The first-order valence-corrected chi connectivity index (χ1v) is 10.3. The van der Waals surface area contributed by atoms with Gasteiger partial charge in [0.25, 0.3) is 5.89 Å². The number of benzene rings is 1. The van der Waals surface area contributed by atoms with E-state index in [2.05, 4.69) is 21.5 Å². The number of hydrogen-bond acceptors (Lipinski definition) is 7. The molecular formula is C23H20N6O3. The average molecular weight is 428 g/mol. The van der Waals surface area contributed by atoms with Crippen LogP contribution in [0.15, 0.2) is 69.8 Å². The average Bonchev–Trinajstić information content (AvgIpc) is 3.60. The lowest BCUT2D eigenvalue weighted by molar-refractivity contribution is -0.120. The van der Waals surface area contributed by atoms with Crippen molar-refractivity contribution in [2.45, 2.75) is 12.8 Å². The molecule has 0 aliphatic carbocycles. The number of amides is 1. The fourth-order valence-electron chi connectivity index (χ4n) is 3.79. The second kappa shape index (κ2) is 8.43. The van der Waals surface area contributed by atoms with Crippen LogP contribution in [0.1, 0.15) is 18.5 Å². The van der Waals surface area contributed by atoms with Crippen LogP contribution in [0.2, 0.25) is 0 Å². The van der Waals surface area contributed by atoms with Crippen LogP contribution in [-0.4, -0.2) is 33.8 Å². The molecule has 1 saturated heterocycles. The molecule has 4 aromatic rings. The number of rotatable bonds is 5. The molecule has 0 atom stereocenters. The Morgan fingerprint density at radius 3 is 2.66 bits per heavy atom. The van der Waals surface area contributed by atoms with Gasteiger partial charge in [-0.2, -0.15) is 15.3 Å². The second-order valence-electron chi connectivity index (χ2n) is 7.49. The molecule has 3 aromatic heterocycles. The minimum atomic E-state index is -0.147. The third kappa shape index (κ3) is 3.86. The van der Waals surface area contributed by atoms with E-state index < -0.39 is 0 Å². The molecular weight excluding hydrogens is 408 g/mol. The number of furan rings is 1. The molecule has 1 fully saturated rings. The fourth-order valence-corrected chi connectivity index (χ4v) is 3.79. The van der Waals surface area contributed by atoms with Gasteiger partial charge in [-0.15, -0.1) is 0 Å². The van der Waals surface area contributed by atoms with E-state index in [-0.39, 0.29) is 23.4 Å². The van der Waals surface area contributed by atoms with Crippen molar-refractivity contribution in [3.8, 4) is 23.4 Å². The summed E-state index contributed by atoms with van der Waals surface area (Å²) >= 11 is 0. The number of piperidine rings is 1. The van der Waals surface area contributed by atoms with Crippen LogP contribution in [0, 0.1) is 17.2 Å². The van der Waals surface area contributed by atoms with Crippen LogP contribution >= 0.6 is 0 Å². The first kappa shape index (κ1) is 19.6. The van der Waals surface area contributed by atoms with Crippen molar-refractivity contribution in [1.82, 2.24) is 14.8 Å². The summed E-state index contributed by atoms with van der Waals surface area (Å²) in [7, 11) is 0. The number of para-hydroxylation sites is 1. The summed E-state index contributed by atoms with van der Waals surface area (Å²) in [5.41, 5.74) is 1.14. The Balaban J connectivity index is 1.21. The molecule has 0 bridgehead atoms. The van der Waals surface area contributed by atoms with Crippen LogP contribution < -0.4 is 10.2 Å². The van der Waals surface area contributed by atoms with Crippen molar-refractivity contribution in [3.05, 3.63) is 66.7 Å². The smallest absolute Gasteiger partial charge is 0.266 e. The van der Waals surface area contributed by atoms with Gasteiger partial charge in [-0.3, -0.25) is 4.79 Å². The van der Waals surface area contributed by atoms with E-state index >= 15 is 0 Å². The summed E-state index contributed by atoms with van der Waals surface area (Å²) < 4.78 is 12.8. The zero-order valence-electron chi connectivity index (χ0n) is 17.1. The van der Waals surface area contributed by atoms with Gasteiger partial charge in [0.05, 0.1) is 12.0 Å². The van der Waals surface area contributed by atoms with Gasteiger partial charge in [-0.05, 0) is 37.1 Å². The van der Waals surface area contributed by atoms with E-state index in [4.69, 9.17) is 8.83 Å². The monoisotopic (exact) mass is 428 g/mol. The molecule has 9 heteroatoms. The number of aromatic nitrogens is 3. The van der Waals surface area contributed by atoms with E-state index in [1.807, 2.05) is 41.4 Å². The number of nitrogens with one attached hydrogen (secondary N) is 1. The van der Waals surface area contributed by atoms with Crippen molar-refractivity contribution in [2.75, 3.05) is 23.3 Å². The van der Waals surface area contributed by atoms with Gasteiger partial charge in [0.15, 0.2) is 11.6 Å². The molecule has 4 heterocycles. The Bertz CT molecular complexity index is 1240. The highest BCUT2D eigenvalue weighted by molar-refractivity contribution is 5.91. The van der Waals surface area contributed by atoms with Gasteiger partial charge < -0.3 is 19.1 Å². The van der Waals surface area contributed by atoms with Gasteiger partial charge >= 0.3 is 0 Å².